The highest BCUT2D eigenvalue weighted by Crippen LogP contribution is 2.44. The maximum Gasteiger partial charge on any atom is 0.202 e. The van der Waals surface area contributed by atoms with E-state index in [9.17, 15) is 0 Å². The Morgan fingerprint density at radius 3 is 2.33 bits per heavy atom. The first-order chi connectivity index (χ1) is 6.90. The van der Waals surface area contributed by atoms with Gasteiger partial charge in [0.1, 0.15) is 11.6 Å². The van der Waals surface area contributed by atoms with Crippen LogP contribution in [0, 0.1) is 39.4 Å². The minimum absolute atomic E-state index is 0.0991. The summed E-state index contributed by atoms with van der Waals surface area (Å²) in [5, 5.41) is 25.5. The number of nitrogens with zero attached hydrogens (tertiary/aromatic N) is 3. The molecule has 0 spiro atoms. The van der Waals surface area contributed by atoms with Gasteiger partial charge in [-0.25, -0.2) is 0 Å². The van der Waals surface area contributed by atoms with Crippen molar-refractivity contribution >= 4 is 11.6 Å². The summed E-state index contributed by atoms with van der Waals surface area (Å²) in [6.07, 6.45) is -0.0991. The molecular weight excluding hydrogens is 216 g/mol. The average Bonchev–Trinajstić information content (AvgIpc) is 2.15. The topological polar surface area (TPSA) is 107 Å². The second-order valence-electron chi connectivity index (χ2n) is 3.36. The van der Waals surface area contributed by atoms with E-state index in [2.05, 4.69) is 0 Å². The number of hydrogen-bond acceptors (Lipinski definition) is 5. The zero-order valence-electron chi connectivity index (χ0n) is 7.91. The molecule has 0 saturated heterocycles. The van der Waals surface area contributed by atoms with Crippen LogP contribution in [0.5, 0.6) is 0 Å². The summed E-state index contributed by atoms with van der Waals surface area (Å²) in [6, 6.07) is 5.25. The zero-order chi connectivity index (χ0) is 11.7. The Labute approximate surface area is 91.9 Å². The molecule has 76 valence electrons. The van der Waals surface area contributed by atoms with Crippen molar-refractivity contribution < 1.29 is 4.74 Å². The lowest BCUT2D eigenvalue weighted by molar-refractivity contribution is 0.0475. The molecule has 1 rings (SSSR count). The minimum atomic E-state index is -1.62. The van der Waals surface area contributed by atoms with Crippen LogP contribution in [0.3, 0.4) is 0 Å². The molecule has 0 bridgehead atoms. The van der Waals surface area contributed by atoms with Crippen LogP contribution in [0.15, 0.2) is 11.5 Å². The van der Waals surface area contributed by atoms with Crippen LogP contribution in [0.4, 0.5) is 0 Å². The maximum atomic E-state index is 8.97. The Bertz CT molecular complexity index is 432. The standard InChI is InChI=1S/C9H7ClN4O/c1-8(10)3-9(4-12,5-13)6(2-11)7(14)15-8/h3,14H2,1H3. The predicted molar refractivity (Wildman–Crippen MR) is 50.4 cm³/mol. The van der Waals surface area contributed by atoms with Gasteiger partial charge in [-0.3, -0.25) is 0 Å². The minimum Gasteiger partial charge on any atom is -0.456 e. The Morgan fingerprint density at radius 2 is 1.93 bits per heavy atom. The quantitative estimate of drug-likeness (QED) is 0.618. The molecule has 0 aliphatic carbocycles. The van der Waals surface area contributed by atoms with E-state index in [-0.39, 0.29) is 17.9 Å². The second kappa shape index (κ2) is 3.35. The third kappa shape index (κ3) is 1.68. The van der Waals surface area contributed by atoms with Gasteiger partial charge in [-0.05, 0) is 6.92 Å². The summed E-state index contributed by atoms with van der Waals surface area (Å²) in [6.45, 7) is 1.49. The van der Waals surface area contributed by atoms with Crippen LogP contribution >= 0.6 is 11.6 Å². The lowest BCUT2D eigenvalue weighted by Gasteiger charge is -2.34. The van der Waals surface area contributed by atoms with Gasteiger partial charge in [0, 0.05) is 6.42 Å². The fraction of sp³-hybridized carbons (Fsp3) is 0.444. The number of nitriles is 3. The van der Waals surface area contributed by atoms with Gasteiger partial charge in [-0.2, -0.15) is 15.8 Å². The molecule has 1 unspecified atom stereocenters. The zero-order valence-corrected chi connectivity index (χ0v) is 8.67. The van der Waals surface area contributed by atoms with Gasteiger partial charge in [-0.15, -0.1) is 0 Å². The largest absolute Gasteiger partial charge is 0.456 e. The molecule has 1 aliphatic heterocycles. The van der Waals surface area contributed by atoms with Gasteiger partial charge in [0.2, 0.25) is 5.88 Å². The number of allylic oxidation sites excluding steroid dienone is 1. The van der Waals surface area contributed by atoms with Crippen molar-refractivity contribution in [2.45, 2.75) is 18.4 Å². The highest BCUT2D eigenvalue weighted by molar-refractivity contribution is 6.22. The van der Waals surface area contributed by atoms with Crippen molar-refractivity contribution in [2.24, 2.45) is 11.1 Å². The lowest BCUT2D eigenvalue weighted by Crippen LogP contribution is -2.39. The summed E-state index contributed by atoms with van der Waals surface area (Å²) >= 11 is 5.88. The number of nitrogens with two attached hydrogens (primary N) is 1. The Hall–Kier alpha value is -1.90. The molecule has 6 heteroatoms. The summed E-state index contributed by atoms with van der Waals surface area (Å²) in [5.74, 6) is -0.260. The molecule has 1 aliphatic rings. The number of halogens is 1. The molecule has 5 nitrogen and oxygen atoms in total. The van der Waals surface area contributed by atoms with E-state index in [0.29, 0.717) is 0 Å². The highest BCUT2D eigenvalue weighted by atomic mass is 35.5. The van der Waals surface area contributed by atoms with Crippen LogP contribution in [0.1, 0.15) is 13.3 Å². The predicted octanol–water partition coefficient (Wildman–Crippen LogP) is 1.09. The first-order valence-corrected chi connectivity index (χ1v) is 4.39. The van der Waals surface area contributed by atoms with E-state index in [1.165, 1.54) is 6.92 Å². The molecule has 0 amide bonds. The van der Waals surface area contributed by atoms with Gasteiger partial charge in [-0.1, -0.05) is 11.6 Å². The molecule has 0 aromatic rings. The average molecular weight is 223 g/mol. The third-order valence-electron chi connectivity index (χ3n) is 2.07. The van der Waals surface area contributed by atoms with Gasteiger partial charge in [0.15, 0.2) is 10.5 Å². The fourth-order valence-electron chi connectivity index (χ4n) is 1.46. The van der Waals surface area contributed by atoms with Crippen molar-refractivity contribution in [1.29, 1.82) is 15.8 Å². The van der Waals surface area contributed by atoms with Crippen LogP contribution in [-0.2, 0) is 4.74 Å². The van der Waals surface area contributed by atoms with Crippen LogP contribution in [0.25, 0.3) is 0 Å². The summed E-state index contributed by atoms with van der Waals surface area (Å²) in [5.41, 5.74) is 3.65. The van der Waals surface area contributed by atoms with E-state index >= 15 is 0 Å². The van der Waals surface area contributed by atoms with Gasteiger partial charge in [0.05, 0.1) is 12.1 Å². The molecule has 1 heterocycles. The van der Waals surface area contributed by atoms with Crippen molar-refractivity contribution in [3.8, 4) is 18.2 Å². The van der Waals surface area contributed by atoms with Crippen LogP contribution in [-0.4, -0.2) is 5.06 Å². The van der Waals surface area contributed by atoms with Crippen LogP contribution < -0.4 is 5.73 Å². The monoisotopic (exact) mass is 222 g/mol. The molecule has 0 saturated carbocycles. The molecule has 0 aromatic heterocycles. The second-order valence-corrected chi connectivity index (χ2v) is 4.16. The van der Waals surface area contributed by atoms with Gasteiger partial charge in [0.25, 0.3) is 0 Å². The highest BCUT2D eigenvalue weighted by Gasteiger charge is 2.49. The third-order valence-corrected chi connectivity index (χ3v) is 2.28. The molecule has 1 atom stereocenters. The van der Waals surface area contributed by atoms with Crippen molar-refractivity contribution in [3.63, 3.8) is 0 Å². The smallest absolute Gasteiger partial charge is 0.202 e. The number of alkyl halides is 1. The van der Waals surface area contributed by atoms with E-state index in [1.807, 2.05) is 0 Å². The fourth-order valence-corrected chi connectivity index (χ4v) is 1.74. The molecule has 15 heavy (non-hydrogen) atoms. The first-order valence-electron chi connectivity index (χ1n) is 4.01. The number of hydrogen-bond donors (Lipinski definition) is 1. The van der Waals surface area contributed by atoms with Crippen molar-refractivity contribution in [2.75, 3.05) is 0 Å². The van der Waals surface area contributed by atoms with E-state index in [1.54, 1.807) is 18.2 Å². The Kier molecular flexibility index (Phi) is 2.50. The SMILES string of the molecule is CC1(Cl)CC(C#N)(C#N)C(C#N)=C(N)O1. The summed E-state index contributed by atoms with van der Waals surface area (Å²) in [7, 11) is 0. The maximum absolute atomic E-state index is 8.97. The van der Waals surface area contributed by atoms with Gasteiger partial charge < -0.3 is 10.5 Å². The Morgan fingerprint density at radius 1 is 1.40 bits per heavy atom. The number of ether oxygens (including phenoxy) is 1. The van der Waals surface area contributed by atoms with Gasteiger partial charge >= 0.3 is 0 Å². The molecule has 0 radical (unpaired) electrons. The molecule has 0 aromatic carbocycles. The van der Waals surface area contributed by atoms with Crippen LogP contribution in [0.2, 0.25) is 0 Å². The molecule has 2 N–H and O–H groups in total. The van der Waals surface area contributed by atoms with Crippen molar-refractivity contribution in [3.05, 3.63) is 11.5 Å². The van der Waals surface area contributed by atoms with E-state index in [4.69, 9.17) is 37.9 Å². The molecule has 0 fully saturated rings. The lowest BCUT2D eigenvalue weighted by atomic mass is 9.77. The van der Waals surface area contributed by atoms with E-state index < -0.39 is 10.5 Å². The Balaban J connectivity index is 3.42. The number of rotatable bonds is 0. The summed E-state index contributed by atoms with van der Waals surface area (Å²) in [4.78, 5) is 0. The molecular formula is C9H7ClN4O. The first kappa shape index (κ1) is 11.2. The van der Waals surface area contributed by atoms with E-state index in [0.717, 1.165) is 0 Å². The van der Waals surface area contributed by atoms with Crippen molar-refractivity contribution in [1.82, 2.24) is 0 Å². The normalized spacial score (nSPS) is 28.2. The summed E-state index contributed by atoms with van der Waals surface area (Å²) < 4.78 is 5.03.